The Bertz CT molecular complexity index is 1070. The van der Waals surface area contributed by atoms with E-state index in [1.165, 1.54) is 5.01 Å². The quantitative estimate of drug-likeness (QED) is 0.670. The molecule has 7 heteroatoms. The van der Waals surface area contributed by atoms with Gasteiger partial charge in [0.2, 0.25) is 5.84 Å². The van der Waals surface area contributed by atoms with Crippen LogP contribution in [0.5, 0.6) is 0 Å². The Hall–Kier alpha value is -3.61. The monoisotopic (exact) mass is 361 g/mol. The summed E-state index contributed by atoms with van der Waals surface area (Å²) in [6, 6.07) is 15.1. The molecule has 136 valence electrons. The van der Waals surface area contributed by atoms with E-state index in [0.717, 1.165) is 22.2 Å². The molecule has 7 nitrogen and oxygen atoms in total. The molecule has 4 rings (SSSR count). The molecular formula is C20H19N5O2. The largest absolute Gasteiger partial charge is 0.359 e. The second-order valence-corrected chi connectivity index (χ2v) is 6.55. The summed E-state index contributed by atoms with van der Waals surface area (Å²) in [7, 11) is 0. The van der Waals surface area contributed by atoms with Crippen LogP contribution in [0.15, 0.2) is 53.5 Å². The van der Waals surface area contributed by atoms with Crippen molar-refractivity contribution in [1.29, 1.82) is 0 Å². The van der Waals surface area contributed by atoms with Crippen LogP contribution in [-0.4, -0.2) is 29.2 Å². The molecule has 0 saturated carbocycles. The number of H-pyrrole nitrogens is 1. The lowest BCUT2D eigenvalue weighted by atomic mass is 10.2. The predicted octanol–water partition coefficient (Wildman–Crippen LogP) is 2.67. The number of carbonyl (C=O) groups is 2. The van der Waals surface area contributed by atoms with Gasteiger partial charge in [-0.05, 0) is 50.2 Å². The third-order valence-electron chi connectivity index (χ3n) is 4.36. The first-order valence-electron chi connectivity index (χ1n) is 8.61. The SMILES string of the molecule is Cc1ccc(N2NC(C(=O)Nc3ccc4[nH]c(C)cc4c3)=NCC2=O)cc1. The number of aromatic nitrogens is 1. The standard InChI is InChI=1S/C20H19N5O2/c1-12-3-6-16(7-4-12)25-18(26)11-21-19(24-25)20(27)23-15-5-8-17-14(10-15)9-13(2)22-17/h3-10,22H,11H2,1-2H3,(H,21,24)(H,23,27). The van der Waals surface area contributed by atoms with Crippen LogP contribution in [0.4, 0.5) is 11.4 Å². The topological polar surface area (TPSA) is 89.6 Å². The summed E-state index contributed by atoms with van der Waals surface area (Å²) >= 11 is 0. The number of hydrazine groups is 1. The number of nitrogens with one attached hydrogen (secondary N) is 3. The highest BCUT2D eigenvalue weighted by molar-refractivity contribution is 6.43. The van der Waals surface area contributed by atoms with Gasteiger partial charge in [-0.3, -0.25) is 20.0 Å². The van der Waals surface area contributed by atoms with Crippen LogP contribution >= 0.6 is 0 Å². The Labute approximate surface area is 156 Å². The molecule has 0 aliphatic carbocycles. The Morgan fingerprint density at radius 3 is 2.67 bits per heavy atom. The van der Waals surface area contributed by atoms with Crippen LogP contribution in [0, 0.1) is 13.8 Å². The summed E-state index contributed by atoms with van der Waals surface area (Å²) in [6.07, 6.45) is 0. The van der Waals surface area contributed by atoms with Crippen molar-refractivity contribution >= 4 is 39.9 Å². The lowest BCUT2D eigenvalue weighted by molar-refractivity contribution is -0.118. The normalized spacial score (nSPS) is 14.1. The van der Waals surface area contributed by atoms with Crippen LogP contribution in [0.2, 0.25) is 0 Å². The summed E-state index contributed by atoms with van der Waals surface area (Å²) in [5.41, 5.74) is 7.29. The molecule has 0 saturated heterocycles. The zero-order chi connectivity index (χ0) is 19.0. The van der Waals surface area contributed by atoms with E-state index in [0.29, 0.717) is 11.4 Å². The fourth-order valence-electron chi connectivity index (χ4n) is 2.99. The van der Waals surface area contributed by atoms with Gasteiger partial charge in [0.15, 0.2) is 0 Å². The second kappa shape index (κ2) is 6.60. The van der Waals surface area contributed by atoms with Crippen LogP contribution in [0.25, 0.3) is 10.9 Å². The summed E-state index contributed by atoms with van der Waals surface area (Å²) in [5.74, 6) is -0.522. The lowest BCUT2D eigenvalue weighted by Gasteiger charge is -2.27. The first-order chi connectivity index (χ1) is 13.0. The molecule has 0 spiro atoms. The van der Waals surface area contributed by atoms with Crippen molar-refractivity contribution in [3.8, 4) is 0 Å². The van der Waals surface area contributed by atoms with Gasteiger partial charge in [-0.1, -0.05) is 17.7 Å². The van der Waals surface area contributed by atoms with E-state index in [2.05, 4.69) is 20.7 Å². The number of fused-ring (bicyclic) bond motifs is 1. The molecule has 1 aliphatic rings. The van der Waals surface area contributed by atoms with E-state index in [9.17, 15) is 9.59 Å². The maximum Gasteiger partial charge on any atom is 0.292 e. The average molecular weight is 361 g/mol. The zero-order valence-corrected chi connectivity index (χ0v) is 15.0. The van der Waals surface area contributed by atoms with Crippen molar-refractivity contribution in [2.24, 2.45) is 4.99 Å². The van der Waals surface area contributed by atoms with Gasteiger partial charge in [0.05, 0.1) is 5.69 Å². The second-order valence-electron chi connectivity index (χ2n) is 6.55. The van der Waals surface area contributed by atoms with Crippen LogP contribution in [-0.2, 0) is 9.59 Å². The van der Waals surface area contributed by atoms with E-state index >= 15 is 0 Å². The van der Waals surface area contributed by atoms with Crippen molar-refractivity contribution < 1.29 is 9.59 Å². The van der Waals surface area contributed by atoms with E-state index in [1.54, 1.807) is 0 Å². The molecular weight excluding hydrogens is 342 g/mol. The molecule has 0 bridgehead atoms. The van der Waals surface area contributed by atoms with Crippen molar-refractivity contribution in [3.05, 3.63) is 59.8 Å². The number of aryl methyl sites for hydroxylation is 2. The Kier molecular flexibility index (Phi) is 4.12. The number of hydrogen-bond donors (Lipinski definition) is 3. The number of aliphatic imine (C=N–C) groups is 1. The number of amides is 2. The molecule has 0 radical (unpaired) electrons. The van der Waals surface area contributed by atoms with E-state index < -0.39 is 5.91 Å². The van der Waals surface area contributed by atoms with E-state index in [4.69, 9.17) is 0 Å². The molecule has 2 heterocycles. The minimum atomic E-state index is -0.397. The van der Waals surface area contributed by atoms with Gasteiger partial charge < -0.3 is 10.3 Å². The fraction of sp³-hybridized carbons (Fsp3) is 0.150. The van der Waals surface area contributed by atoms with Crippen molar-refractivity contribution in [2.75, 3.05) is 16.9 Å². The Morgan fingerprint density at radius 1 is 1.11 bits per heavy atom. The van der Waals surface area contributed by atoms with E-state index in [-0.39, 0.29) is 18.3 Å². The number of benzene rings is 2. The molecule has 3 N–H and O–H groups in total. The summed E-state index contributed by atoms with van der Waals surface area (Å²) < 4.78 is 0. The average Bonchev–Trinajstić information content (AvgIpc) is 3.02. The minimum absolute atomic E-state index is 0.0837. The highest BCUT2D eigenvalue weighted by atomic mass is 16.2. The number of nitrogens with zero attached hydrogens (tertiary/aromatic N) is 2. The smallest absolute Gasteiger partial charge is 0.292 e. The van der Waals surface area contributed by atoms with Gasteiger partial charge in [0.25, 0.3) is 11.8 Å². The predicted molar refractivity (Wildman–Crippen MR) is 106 cm³/mol. The number of amidine groups is 1. The molecule has 1 aliphatic heterocycles. The molecule has 0 atom stereocenters. The van der Waals surface area contributed by atoms with Gasteiger partial charge >= 0.3 is 0 Å². The minimum Gasteiger partial charge on any atom is -0.359 e. The van der Waals surface area contributed by atoms with Crippen molar-refractivity contribution in [2.45, 2.75) is 13.8 Å². The third-order valence-corrected chi connectivity index (χ3v) is 4.36. The zero-order valence-electron chi connectivity index (χ0n) is 15.0. The number of rotatable bonds is 3. The van der Waals surface area contributed by atoms with Crippen LogP contribution < -0.4 is 15.8 Å². The summed E-state index contributed by atoms with van der Waals surface area (Å²) in [4.78, 5) is 32.1. The maximum atomic E-state index is 12.6. The first-order valence-corrected chi connectivity index (χ1v) is 8.61. The molecule has 2 amide bonds. The number of aromatic amines is 1. The third kappa shape index (κ3) is 3.39. The molecule has 3 aromatic rings. The van der Waals surface area contributed by atoms with Gasteiger partial charge in [0.1, 0.15) is 6.54 Å². The molecule has 2 aromatic carbocycles. The number of hydrogen-bond acceptors (Lipinski definition) is 4. The van der Waals surface area contributed by atoms with Crippen LogP contribution in [0.1, 0.15) is 11.3 Å². The van der Waals surface area contributed by atoms with Gasteiger partial charge in [0, 0.05) is 22.3 Å². The Morgan fingerprint density at radius 2 is 1.89 bits per heavy atom. The summed E-state index contributed by atoms with van der Waals surface area (Å²) in [6.45, 7) is 3.87. The highest BCUT2D eigenvalue weighted by Gasteiger charge is 2.25. The van der Waals surface area contributed by atoms with Gasteiger partial charge in [-0.25, -0.2) is 5.01 Å². The van der Waals surface area contributed by atoms with Gasteiger partial charge in [-0.15, -0.1) is 0 Å². The van der Waals surface area contributed by atoms with Gasteiger partial charge in [-0.2, -0.15) is 0 Å². The molecule has 0 unspecified atom stereocenters. The first kappa shape index (κ1) is 16.8. The van der Waals surface area contributed by atoms with Crippen LogP contribution in [0.3, 0.4) is 0 Å². The molecule has 27 heavy (non-hydrogen) atoms. The summed E-state index contributed by atoms with van der Waals surface area (Å²) in [5, 5.41) is 5.19. The van der Waals surface area contributed by atoms with Crippen molar-refractivity contribution in [1.82, 2.24) is 10.4 Å². The molecule has 1 aromatic heterocycles. The number of anilines is 2. The van der Waals surface area contributed by atoms with E-state index in [1.807, 2.05) is 62.4 Å². The Balaban J connectivity index is 1.52. The fourth-order valence-corrected chi connectivity index (χ4v) is 2.99. The molecule has 0 fully saturated rings. The lowest BCUT2D eigenvalue weighted by Crippen LogP contribution is -2.54. The van der Waals surface area contributed by atoms with Crippen molar-refractivity contribution in [3.63, 3.8) is 0 Å². The highest BCUT2D eigenvalue weighted by Crippen LogP contribution is 2.20. The maximum absolute atomic E-state index is 12.6. The number of carbonyl (C=O) groups excluding carboxylic acids is 2.